The Balaban J connectivity index is 1.91. The number of ketones is 1. The van der Waals surface area contributed by atoms with Crippen molar-refractivity contribution >= 4 is 70.7 Å². The van der Waals surface area contributed by atoms with E-state index in [9.17, 15) is 28.8 Å². The lowest BCUT2D eigenvalue weighted by Gasteiger charge is -2.41. The minimum absolute atomic E-state index is 0.0161. The summed E-state index contributed by atoms with van der Waals surface area (Å²) in [5.41, 5.74) is 18.4. The van der Waals surface area contributed by atoms with E-state index >= 15 is 9.59 Å². The first-order valence-electron chi connectivity index (χ1n) is 20.0. The maximum Gasteiger partial charge on any atom is 0.305 e. The summed E-state index contributed by atoms with van der Waals surface area (Å²) in [4.78, 5) is 116. The molecule has 5 atom stereocenters. The number of benzene rings is 1. The molecule has 314 valence electrons. The van der Waals surface area contributed by atoms with Crippen molar-refractivity contribution in [1.29, 1.82) is 0 Å². The first kappa shape index (κ1) is 46.2. The predicted octanol–water partition coefficient (Wildman–Crippen LogP) is 2.25. The number of nitrogens with zero attached hydrogens (tertiary/aromatic N) is 3. The van der Waals surface area contributed by atoms with Crippen LogP contribution in [0.5, 0.6) is 0 Å². The Bertz CT molecular complexity index is 1650. The standard InChI is InChI=1S/C40H59N7O8S2/c1-5-13-28(42)34(50)39(55)47(36(52)30-21-40(23-44-30)56-18-12-19-57-40)38(54)33(27-16-10-7-11-17-27)46(31(49)22-41)37(53)32(26-14-8-6-9-15-26)45(25(4)48)35(51)29(43)20-24(2)3/h7,10-11,16-17,24,26,28-30,32-33,44H,5-6,8-9,12-15,18-23,41-43H2,1-4H3/t28-,29-,30?,32?,33-/m0/s1. The Labute approximate surface area is 343 Å². The Morgan fingerprint density at radius 3 is 2.05 bits per heavy atom. The molecule has 2 saturated heterocycles. The monoisotopic (exact) mass is 829 g/mol. The van der Waals surface area contributed by atoms with E-state index in [1.165, 1.54) is 24.3 Å². The lowest BCUT2D eigenvalue weighted by Crippen LogP contribution is -2.63. The molecular formula is C40H59N7O8S2. The van der Waals surface area contributed by atoms with Crippen LogP contribution in [0.4, 0.5) is 0 Å². The van der Waals surface area contributed by atoms with Gasteiger partial charge in [0, 0.05) is 13.5 Å². The molecule has 0 radical (unpaired) electrons. The van der Waals surface area contributed by atoms with E-state index in [0.717, 1.165) is 36.2 Å². The van der Waals surface area contributed by atoms with Crippen LogP contribution in [0.25, 0.3) is 0 Å². The van der Waals surface area contributed by atoms with Crippen LogP contribution in [0, 0.1) is 11.8 Å². The van der Waals surface area contributed by atoms with Gasteiger partial charge in [0.05, 0.1) is 28.7 Å². The molecular weight excluding hydrogens is 771 g/mol. The van der Waals surface area contributed by atoms with Crippen LogP contribution in [-0.2, 0) is 38.4 Å². The highest BCUT2D eigenvalue weighted by Crippen LogP contribution is 2.48. The molecule has 0 aromatic heterocycles. The van der Waals surface area contributed by atoms with Crippen molar-refractivity contribution < 1.29 is 38.4 Å². The van der Waals surface area contributed by atoms with E-state index in [1.807, 2.05) is 13.8 Å². The summed E-state index contributed by atoms with van der Waals surface area (Å²) in [5, 5.41) is 3.15. The first-order valence-corrected chi connectivity index (χ1v) is 22.0. The van der Waals surface area contributed by atoms with Crippen molar-refractivity contribution in [3.8, 4) is 0 Å². The van der Waals surface area contributed by atoms with E-state index in [2.05, 4.69) is 5.32 Å². The molecule has 57 heavy (non-hydrogen) atoms. The molecule has 1 saturated carbocycles. The average Bonchev–Trinajstić information content (AvgIpc) is 3.60. The number of nitrogens with two attached hydrogens (primary N) is 3. The fourth-order valence-electron chi connectivity index (χ4n) is 7.96. The van der Waals surface area contributed by atoms with Gasteiger partial charge in [-0.05, 0) is 67.4 Å². The van der Waals surface area contributed by atoms with Crippen molar-refractivity contribution in [2.75, 3.05) is 24.6 Å². The molecule has 2 unspecified atom stereocenters. The largest absolute Gasteiger partial charge is 0.322 e. The fourth-order valence-corrected chi connectivity index (χ4v) is 11.2. The zero-order valence-corrected chi connectivity index (χ0v) is 35.1. The highest BCUT2D eigenvalue weighted by molar-refractivity contribution is 8.18. The van der Waals surface area contributed by atoms with Gasteiger partial charge in [-0.1, -0.05) is 76.8 Å². The van der Waals surface area contributed by atoms with Crippen molar-refractivity contribution in [2.45, 2.75) is 126 Å². The number of hydrogen-bond acceptors (Lipinski definition) is 14. The van der Waals surface area contributed by atoms with Crippen molar-refractivity contribution in [2.24, 2.45) is 29.0 Å². The number of carbonyl (C=O) groups is 8. The van der Waals surface area contributed by atoms with Crippen LogP contribution >= 0.6 is 23.5 Å². The van der Waals surface area contributed by atoms with Crippen LogP contribution in [0.15, 0.2) is 30.3 Å². The van der Waals surface area contributed by atoms with Gasteiger partial charge in [-0.25, -0.2) is 4.90 Å². The summed E-state index contributed by atoms with van der Waals surface area (Å²) in [6.07, 6.45) is 4.96. The topological polar surface area (TPSA) is 236 Å². The Hall–Kier alpha value is -3.48. The molecule has 1 aliphatic carbocycles. The molecule has 1 spiro atoms. The fraction of sp³-hybridized carbons (Fsp3) is 0.650. The quantitative estimate of drug-likeness (QED) is 0.186. The molecule has 3 fully saturated rings. The van der Waals surface area contributed by atoms with Gasteiger partial charge in [0.1, 0.15) is 12.1 Å². The molecule has 3 aliphatic rings. The van der Waals surface area contributed by atoms with E-state index < -0.39 is 93.9 Å². The molecule has 1 aromatic rings. The Morgan fingerprint density at radius 2 is 1.49 bits per heavy atom. The smallest absolute Gasteiger partial charge is 0.305 e. The van der Waals surface area contributed by atoms with E-state index in [0.29, 0.717) is 43.5 Å². The van der Waals surface area contributed by atoms with E-state index in [4.69, 9.17) is 17.2 Å². The maximum atomic E-state index is 15.3. The summed E-state index contributed by atoms with van der Waals surface area (Å²) in [6, 6.07) is 0.399. The number of rotatable bonds is 15. The van der Waals surface area contributed by atoms with E-state index in [-0.39, 0.29) is 35.6 Å². The van der Waals surface area contributed by atoms with Gasteiger partial charge in [-0.15, -0.1) is 23.5 Å². The highest BCUT2D eigenvalue weighted by Gasteiger charge is 2.52. The van der Waals surface area contributed by atoms with Crippen LogP contribution < -0.4 is 22.5 Å². The second-order valence-electron chi connectivity index (χ2n) is 15.6. The minimum atomic E-state index is -2.02. The number of nitrogens with one attached hydrogen (secondary N) is 1. The second-order valence-corrected chi connectivity index (χ2v) is 18.8. The third-order valence-electron chi connectivity index (χ3n) is 10.8. The zero-order chi connectivity index (χ0) is 42.0. The maximum absolute atomic E-state index is 15.3. The number of amides is 7. The van der Waals surface area contributed by atoms with Crippen LogP contribution in [0.3, 0.4) is 0 Å². The molecule has 1 aromatic carbocycles. The number of hydrogen-bond donors (Lipinski definition) is 4. The summed E-state index contributed by atoms with van der Waals surface area (Å²) in [6.45, 7) is 6.20. The van der Waals surface area contributed by atoms with E-state index in [1.54, 1.807) is 36.5 Å². The summed E-state index contributed by atoms with van der Waals surface area (Å²) in [7, 11) is 0. The van der Waals surface area contributed by atoms with Crippen LogP contribution in [0.2, 0.25) is 0 Å². The van der Waals surface area contributed by atoms with Crippen molar-refractivity contribution in [3.05, 3.63) is 35.9 Å². The first-order chi connectivity index (χ1) is 27.1. The Morgan fingerprint density at radius 1 is 0.860 bits per heavy atom. The van der Waals surface area contributed by atoms with Crippen molar-refractivity contribution in [1.82, 2.24) is 20.0 Å². The molecule has 7 N–H and O–H groups in total. The van der Waals surface area contributed by atoms with Gasteiger partial charge in [0.15, 0.2) is 0 Å². The lowest BCUT2D eigenvalue weighted by atomic mass is 9.81. The molecule has 15 nitrogen and oxygen atoms in total. The second kappa shape index (κ2) is 21.0. The molecule has 4 rings (SSSR count). The zero-order valence-electron chi connectivity index (χ0n) is 33.5. The van der Waals surface area contributed by atoms with Gasteiger partial charge in [-0.2, -0.15) is 0 Å². The van der Waals surface area contributed by atoms with Gasteiger partial charge >= 0.3 is 5.91 Å². The number of imide groups is 5. The SMILES string of the molecule is CCC[C@H](N)C(=O)C(=O)N(C(=O)C1CC2(CN1)SCCCS2)C(=O)[C@H](c1ccccc1)N(C(=O)CN)C(=O)C(C1CCCCC1)N(C(C)=O)C(=O)[C@@H](N)CC(C)C. The summed E-state index contributed by atoms with van der Waals surface area (Å²) >= 11 is 3.36. The third kappa shape index (κ3) is 11.0. The number of carbonyl (C=O) groups excluding carboxylic acids is 8. The minimum Gasteiger partial charge on any atom is -0.322 e. The lowest BCUT2D eigenvalue weighted by molar-refractivity contribution is -0.168. The average molecular weight is 830 g/mol. The molecule has 2 aliphatic heterocycles. The van der Waals surface area contributed by atoms with Gasteiger partial charge < -0.3 is 22.5 Å². The summed E-state index contributed by atoms with van der Waals surface area (Å²) < 4.78 is -0.401. The molecule has 7 amide bonds. The third-order valence-corrected chi connectivity index (χ3v) is 14.1. The van der Waals surface area contributed by atoms with Crippen LogP contribution in [0.1, 0.15) is 104 Å². The van der Waals surface area contributed by atoms with Gasteiger partial charge in [0.25, 0.3) is 17.7 Å². The molecule has 17 heteroatoms. The number of thioether (sulfide) groups is 2. The van der Waals surface area contributed by atoms with Crippen molar-refractivity contribution in [3.63, 3.8) is 0 Å². The van der Waals surface area contributed by atoms with Gasteiger partial charge in [-0.3, -0.25) is 48.2 Å². The molecule has 0 bridgehead atoms. The summed E-state index contributed by atoms with van der Waals surface area (Å²) in [5.74, 6) is -7.76. The van der Waals surface area contributed by atoms with Crippen LogP contribution in [-0.4, -0.2) is 115 Å². The normalized spacial score (nSPS) is 20.2. The molecule has 2 heterocycles. The predicted molar refractivity (Wildman–Crippen MR) is 219 cm³/mol. The highest BCUT2D eigenvalue weighted by atomic mass is 32.2. The number of Topliss-reactive ketones (excluding diaryl/α,β-unsaturated/α-hetero) is 1. The van der Waals surface area contributed by atoms with Gasteiger partial charge in [0.2, 0.25) is 23.5 Å². The Kier molecular flexibility index (Phi) is 17.0.